The number of hydrogen-bond acceptors (Lipinski definition) is 2. The third-order valence-corrected chi connectivity index (χ3v) is 4.25. The standard InChI is InChI=1S/C15H17NS/c1-2-4-15-13(3-1)9-14(15)10-16-7-5-12-6-8-17-11-12/h1-4,6,8,11,14,16H,5,7,9-10H2. The Bertz CT molecular complexity index is 475. The monoisotopic (exact) mass is 243 g/mol. The lowest BCUT2D eigenvalue weighted by Crippen LogP contribution is -2.30. The molecule has 0 saturated carbocycles. The number of thiophene rings is 1. The first-order valence-corrected chi connectivity index (χ1v) is 7.17. The quantitative estimate of drug-likeness (QED) is 0.795. The van der Waals surface area contributed by atoms with E-state index in [0.29, 0.717) is 0 Å². The number of hydrogen-bond donors (Lipinski definition) is 1. The molecule has 1 aromatic carbocycles. The summed E-state index contributed by atoms with van der Waals surface area (Å²) in [4.78, 5) is 0. The van der Waals surface area contributed by atoms with Gasteiger partial charge >= 0.3 is 0 Å². The molecule has 1 N–H and O–H groups in total. The fraction of sp³-hybridized carbons (Fsp3) is 0.333. The molecule has 0 spiro atoms. The minimum Gasteiger partial charge on any atom is -0.316 e. The van der Waals surface area contributed by atoms with Crippen molar-refractivity contribution in [3.63, 3.8) is 0 Å². The van der Waals surface area contributed by atoms with Gasteiger partial charge in [0.15, 0.2) is 0 Å². The summed E-state index contributed by atoms with van der Waals surface area (Å²) in [5, 5.41) is 7.96. The van der Waals surface area contributed by atoms with Crippen molar-refractivity contribution in [1.82, 2.24) is 5.32 Å². The molecule has 0 bridgehead atoms. The predicted molar refractivity (Wildman–Crippen MR) is 73.8 cm³/mol. The fourth-order valence-corrected chi connectivity index (χ4v) is 3.19. The van der Waals surface area contributed by atoms with Crippen LogP contribution in [-0.2, 0) is 12.8 Å². The van der Waals surface area contributed by atoms with Crippen LogP contribution in [0.25, 0.3) is 0 Å². The minimum atomic E-state index is 0.744. The summed E-state index contributed by atoms with van der Waals surface area (Å²) in [5.41, 5.74) is 4.55. The van der Waals surface area contributed by atoms with Crippen molar-refractivity contribution in [3.8, 4) is 0 Å². The van der Waals surface area contributed by atoms with Crippen molar-refractivity contribution in [2.75, 3.05) is 13.1 Å². The van der Waals surface area contributed by atoms with Crippen LogP contribution in [0.15, 0.2) is 41.1 Å². The second-order valence-electron chi connectivity index (χ2n) is 4.69. The largest absolute Gasteiger partial charge is 0.316 e. The van der Waals surface area contributed by atoms with Crippen molar-refractivity contribution in [2.45, 2.75) is 18.8 Å². The van der Waals surface area contributed by atoms with Crippen LogP contribution in [-0.4, -0.2) is 13.1 Å². The molecule has 0 radical (unpaired) electrons. The lowest BCUT2D eigenvalue weighted by molar-refractivity contribution is 0.538. The highest BCUT2D eigenvalue weighted by Gasteiger charge is 2.24. The van der Waals surface area contributed by atoms with Crippen molar-refractivity contribution >= 4 is 11.3 Å². The molecule has 0 amide bonds. The van der Waals surface area contributed by atoms with Crippen LogP contribution in [0.2, 0.25) is 0 Å². The average molecular weight is 243 g/mol. The summed E-state index contributed by atoms with van der Waals surface area (Å²) in [6.45, 7) is 2.22. The highest BCUT2D eigenvalue weighted by Crippen LogP contribution is 2.33. The first-order valence-electron chi connectivity index (χ1n) is 6.23. The molecule has 1 atom stereocenters. The van der Waals surface area contributed by atoms with Crippen molar-refractivity contribution in [1.29, 1.82) is 0 Å². The second kappa shape index (κ2) is 5.03. The maximum absolute atomic E-state index is 3.57. The van der Waals surface area contributed by atoms with Crippen LogP contribution < -0.4 is 5.32 Å². The number of benzene rings is 1. The molecule has 1 aliphatic carbocycles. The molecule has 17 heavy (non-hydrogen) atoms. The summed E-state index contributed by atoms with van der Waals surface area (Å²) in [6.07, 6.45) is 2.40. The van der Waals surface area contributed by atoms with Gasteiger partial charge in [-0.25, -0.2) is 0 Å². The molecule has 2 heteroatoms. The Kier molecular flexibility index (Phi) is 3.25. The molecule has 1 nitrogen and oxygen atoms in total. The van der Waals surface area contributed by atoms with Gasteiger partial charge in [0.05, 0.1) is 0 Å². The van der Waals surface area contributed by atoms with E-state index >= 15 is 0 Å². The minimum absolute atomic E-state index is 0.744. The third kappa shape index (κ3) is 2.43. The van der Waals surface area contributed by atoms with Crippen LogP contribution in [0.5, 0.6) is 0 Å². The topological polar surface area (TPSA) is 12.0 Å². The highest BCUT2D eigenvalue weighted by molar-refractivity contribution is 7.07. The zero-order valence-corrected chi connectivity index (χ0v) is 10.7. The lowest BCUT2D eigenvalue weighted by Gasteiger charge is -2.30. The Morgan fingerprint density at radius 2 is 2.18 bits per heavy atom. The van der Waals surface area contributed by atoms with E-state index < -0.39 is 0 Å². The first-order chi connectivity index (χ1) is 8.43. The van der Waals surface area contributed by atoms with Crippen LogP contribution in [0.1, 0.15) is 22.6 Å². The summed E-state index contributed by atoms with van der Waals surface area (Å²) in [5.74, 6) is 0.744. The molecular weight excluding hydrogens is 226 g/mol. The maximum atomic E-state index is 3.57. The molecule has 0 fully saturated rings. The summed E-state index contributed by atoms with van der Waals surface area (Å²) < 4.78 is 0. The summed E-state index contributed by atoms with van der Waals surface area (Å²) in [6, 6.07) is 11.0. The Morgan fingerprint density at radius 3 is 3.00 bits per heavy atom. The van der Waals surface area contributed by atoms with Crippen molar-refractivity contribution < 1.29 is 0 Å². The van der Waals surface area contributed by atoms with E-state index in [-0.39, 0.29) is 0 Å². The van der Waals surface area contributed by atoms with E-state index in [0.717, 1.165) is 25.4 Å². The van der Waals surface area contributed by atoms with Gasteiger partial charge in [-0.1, -0.05) is 24.3 Å². The Hall–Kier alpha value is -1.12. The first kappa shape index (κ1) is 11.0. The van der Waals surface area contributed by atoms with Gasteiger partial charge < -0.3 is 5.32 Å². The summed E-state index contributed by atoms with van der Waals surface area (Å²) in [7, 11) is 0. The number of fused-ring (bicyclic) bond motifs is 1. The zero-order chi connectivity index (χ0) is 11.5. The molecule has 3 rings (SSSR count). The second-order valence-corrected chi connectivity index (χ2v) is 5.47. The third-order valence-electron chi connectivity index (χ3n) is 3.52. The van der Waals surface area contributed by atoms with E-state index in [9.17, 15) is 0 Å². The van der Waals surface area contributed by atoms with E-state index in [4.69, 9.17) is 0 Å². The van der Waals surface area contributed by atoms with Gasteiger partial charge in [0.25, 0.3) is 0 Å². The molecule has 0 aliphatic heterocycles. The molecule has 1 aromatic heterocycles. The van der Waals surface area contributed by atoms with E-state index in [1.54, 1.807) is 16.9 Å². The highest BCUT2D eigenvalue weighted by atomic mass is 32.1. The fourth-order valence-electron chi connectivity index (χ4n) is 2.49. The van der Waals surface area contributed by atoms with Gasteiger partial charge in [0.1, 0.15) is 0 Å². The molecule has 1 unspecified atom stereocenters. The molecule has 1 aliphatic rings. The van der Waals surface area contributed by atoms with Gasteiger partial charge in [-0.3, -0.25) is 0 Å². The van der Waals surface area contributed by atoms with E-state index in [1.165, 1.54) is 17.5 Å². The van der Waals surface area contributed by atoms with Gasteiger partial charge in [-0.15, -0.1) is 0 Å². The van der Waals surface area contributed by atoms with E-state index in [1.807, 2.05) is 0 Å². The average Bonchev–Trinajstić information content (AvgIpc) is 2.82. The van der Waals surface area contributed by atoms with Crippen LogP contribution in [0, 0.1) is 0 Å². The van der Waals surface area contributed by atoms with E-state index in [2.05, 4.69) is 46.4 Å². The Labute approximate surface area is 106 Å². The van der Waals surface area contributed by atoms with Gasteiger partial charge in [-0.2, -0.15) is 11.3 Å². The maximum Gasteiger partial charge on any atom is 0.00235 e. The van der Waals surface area contributed by atoms with Gasteiger partial charge in [0, 0.05) is 12.5 Å². The Balaban J connectivity index is 1.42. The van der Waals surface area contributed by atoms with Crippen molar-refractivity contribution in [2.24, 2.45) is 0 Å². The molecule has 2 aromatic rings. The number of rotatable bonds is 5. The lowest BCUT2D eigenvalue weighted by atomic mass is 9.77. The smallest absolute Gasteiger partial charge is 0.00235 e. The summed E-state index contributed by atoms with van der Waals surface area (Å²) >= 11 is 1.78. The van der Waals surface area contributed by atoms with Crippen LogP contribution >= 0.6 is 11.3 Å². The van der Waals surface area contributed by atoms with Gasteiger partial charge in [-0.05, 0) is 52.9 Å². The molecule has 0 saturated heterocycles. The number of nitrogens with one attached hydrogen (secondary N) is 1. The predicted octanol–water partition coefficient (Wildman–Crippen LogP) is 3.22. The molecular formula is C15H17NS. The zero-order valence-electron chi connectivity index (χ0n) is 9.86. The molecule has 1 heterocycles. The van der Waals surface area contributed by atoms with Gasteiger partial charge in [0.2, 0.25) is 0 Å². The normalized spacial score (nSPS) is 17.5. The van der Waals surface area contributed by atoms with Crippen LogP contribution in [0.3, 0.4) is 0 Å². The van der Waals surface area contributed by atoms with Crippen molar-refractivity contribution in [3.05, 3.63) is 57.8 Å². The SMILES string of the molecule is c1ccc2c(c1)CC2CNCCc1ccsc1. The Morgan fingerprint density at radius 1 is 1.24 bits per heavy atom. The molecule has 88 valence electrons. The van der Waals surface area contributed by atoms with Crippen LogP contribution in [0.4, 0.5) is 0 Å².